The minimum Gasteiger partial charge on any atom is -0.497 e. The van der Waals surface area contributed by atoms with Crippen molar-refractivity contribution in [2.24, 2.45) is 0 Å². The topological polar surface area (TPSA) is 68.5 Å². The van der Waals surface area contributed by atoms with Gasteiger partial charge in [-0.1, -0.05) is 17.3 Å². The van der Waals surface area contributed by atoms with Crippen molar-refractivity contribution in [1.29, 1.82) is 0 Å². The fraction of sp³-hybridized carbons (Fsp3) is 0.316. The Morgan fingerprint density at radius 1 is 1.31 bits per heavy atom. The van der Waals surface area contributed by atoms with Gasteiger partial charge in [0.15, 0.2) is 11.5 Å². The van der Waals surface area contributed by atoms with E-state index in [1.165, 1.54) is 5.01 Å². The quantitative estimate of drug-likeness (QED) is 0.699. The van der Waals surface area contributed by atoms with Crippen molar-refractivity contribution < 1.29 is 14.1 Å². The lowest BCUT2D eigenvalue weighted by atomic mass is 9.97. The Balaban J connectivity index is 1.44. The van der Waals surface area contributed by atoms with Crippen LogP contribution in [0.1, 0.15) is 34.3 Å². The summed E-state index contributed by atoms with van der Waals surface area (Å²) in [6.07, 6.45) is 3.70. The lowest BCUT2D eigenvalue weighted by Crippen LogP contribution is -2.38. The summed E-state index contributed by atoms with van der Waals surface area (Å²) in [5, 5.41) is 7.14. The highest BCUT2D eigenvalue weighted by Crippen LogP contribution is 2.30. The van der Waals surface area contributed by atoms with Crippen molar-refractivity contribution in [3.63, 3.8) is 0 Å². The number of aromatic nitrogens is 2. The maximum absolute atomic E-state index is 12.7. The van der Waals surface area contributed by atoms with Gasteiger partial charge in [-0.25, -0.2) is 4.98 Å². The molecule has 0 radical (unpaired) electrons. The molecule has 134 valence electrons. The first kappa shape index (κ1) is 16.8. The van der Waals surface area contributed by atoms with Crippen molar-refractivity contribution in [3.05, 3.63) is 52.6 Å². The van der Waals surface area contributed by atoms with Crippen LogP contribution in [-0.4, -0.2) is 41.1 Å². The van der Waals surface area contributed by atoms with Gasteiger partial charge in [0.25, 0.3) is 5.91 Å². The second kappa shape index (κ2) is 7.29. The molecule has 0 atom stereocenters. The third-order valence-electron chi connectivity index (χ3n) is 4.67. The van der Waals surface area contributed by atoms with E-state index in [0.29, 0.717) is 30.5 Å². The second-order valence-corrected chi connectivity index (χ2v) is 7.17. The van der Waals surface area contributed by atoms with Gasteiger partial charge < -0.3 is 14.2 Å². The van der Waals surface area contributed by atoms with Crippen LogP contribution in [-0.2, 0) is 0 Å². The number of hydrogen-bond acceptors (Lipinski definition) is 6. The fourth-order valence-corrected chi connectivity index (χ4v) is 4.03. The van der Waals surface area contributed by atoms with Crippen molar-refractivity contribution in [3.8, 4) is 17.1 Å². The molecule has 0 N–H and O–H groups in total. The number of ether oxygens (including phenoxy) is 1. The van der Waals surface area contributed by atoms with E-state index in [9.17, 15) is 4.79 Å². The number of rotatable bonds is 4. The van der Waals surface area contributed by atoms with E-state index in [1.807, 2.05) is 40.7 Å². The molecule has 3 aromatic rings. The number of nitrogens with zero attached hydrogens (tertiary/aromatic N) is 3. The van der Waals surface area contributed by atoms with Gasteiger partial charge in [0.1, 0.15) is 5.75 Å². The Bertz CT molecular complexity index is 883. The Morgan fingerprint density at radius 2 is 2.15 bits per heavy atom. The first-order valence-electron chi connectivity index (χ1n) is 8.54. The van der Waals surface area contributed by atoms with Gasteiger partial charge in [0.05, 0.1) is 12.1 Å². The first-order chi connectivity index (χ1) is 12.7. The average Bonchev–Trinajstić information content (AvgIpc) is 3.40. The summed E-state index contributed by atoms with van der Waals surface area (Å²) in [6.45, 7) is 1.43. The minimum atomic E-state index is -0.0829. The molecule has 4 rings (SSSR count). The summed E-state index contributed by atoms with van der Waals surface area (Å²) in [5.41, 5.74) is 1.17. The van der Waals surface area contributed by atoms with E-state index in [1.54, 1.807) is 24.5 Å². The summed E-state index contributed by atoms with van der Waals surface area (Å²) >= 11 is 1.69. The Labute approximate surface area is 155 Å². The zero-order valence-electron chi connectivity index (χ0n) is 14.4. The maximum atomic E-state index is 12.7. The predicted molar refractivity (Wildman–Crippen MR) is 98.5 cm³/mol. The molecule has 0 spiro atoms. The Hall–Kier alpha value is -2.67. The summed E-state index contributed by atoms with van der Waals surface area (Å²) in [7, 11) is 1.61. The van der Waals surface area contributed by atoms with Crippen LogP contribution in [0.5, 0.6) is 5.75 Å². The maximum Gasteiger partial charge on any atom is 0.276 e. The fourth-order valence-electron chi connectivity index (χ4n) is 3.22. The zero-order chi connectivity index (χ0) is 17.9. The van der Waals surface area contributed by atoms with Crippen molar-refractivity contribution in [2.75, 3.05) is 20.2 Å². The third-order valence-corrected chi connectivity index (χ3v) is 5.60. The highest BCUT2D eigenvalue weighted by molar-refractivity contribution is 7.09. The molecule has 1 saturated heterocycles. The lowest BCUT2D eigenvalue weighted by molar-refractivity contribution is 0.0702. The average molecular weight is 369 g/mol. The number of benzene rings is 1. The molecule has 0 unspecified atom stereocenters. The Morgan fingerprint density at radius 3 is 2.88 bits per heavy atom. The number of hydrogen-bond donors (Lipinski definition) is 0. The van der Waals surface area contributed by atoms with Crippen LogP contribution in [0.25, 0.3) is 11.3 Å². The molecule has 0 aliphatic carbocycles. The number of thiazole rings is 1. The van der Waals surface area contributed by atoms with Crippen LogP contribution < -0.4 is 4.74 Å². The van der Waals surface area contributed by atoms with Gasteiger partial charge in [-0.05, 0) is 25.0 Å². The van der Waals surface area contributed by atoms with Crippen molar-refractivity contribution >= 4 is 17.2 Å². The summed E-state index contributed by atoms with van der Waals surface area (Å²) in [6, 6.07) is 9.19. The van der Waals surface area contributed by atoms with Gasteiger partial charge in [-0.2, -0.15) is 0 Å². The number of carbonyl (C=O) groups excluding carboxylic acids is 1. The molecule has 1 aliphatic rings. The van der Waals surface area contributed by atoms with Crippen LogP contribution in [0.3, 0.4) is 0 Å². The zero-order valence-corrected chi connectivity index (χ0v) is 15.2. The standard InChI is InChI=1S/C19H19N3O3S/c1-24-15-4-2-3-14(11-15)17-12-16(21-25-17)19(23)22-8-5-13(6-9-22)18-20-7-10-26-18/h2-4,7,10-13H,5-6,8-9H2,1H3. The predicted octanol–water partition coefficient (Wildman–Crippen LogP) is 3.83. The Kier molecular flexibility index (Phi) is 4.71. The summed E-state index contributed by atoms with van der Waals surface area (Å²) in [4.78, 5) is 19.0. The number of methoxy groups -OCH3 is 1. The molecular weight excluding hydrogens is 350 g/mol. The van der Waals surface area contributed by atoms with Gasteiger partial charge >= 0.3 is 0 Å². The monoisotopic (exact) mass is 369 g/mol. The van der Waals surface area contributed by atoms with E-state index in [2.05, 4.69) is 10.1 Å². The molecule has 2 aromatic heterocycles. The van der Waals surface area contributed by atoms with Crippen LogP contribution in [0.4, 0.5) is 0 Å². The van der Waals surface area contributed by atoms with Crippen LogP contribution in [0.15, 0.2) is 46.4 Å². The van der Waals surface area contributed by atoms with Gasteiger partial charge in [0.2, 0.25) is 0 Å². The van der Waals surface area contributed by atoms with Crippen molar-refractivity contribution in [2.45, 2.75) is 18.8 Å². The molecule has 0 bridgehead atoms. The third kappa shape index (κ3) is 3.35. The van der Waals surface area contributed by atoms with Crippen LogP contribution in [0, 0.1) is 0 Å². The van der Waals surface area contributed by atoms with E-state index < -0.39 is 0 Å². The number of carbonyl (C=O) groups is 1. The minimum absolute atomic E-state index is 0.0829. The van der Waals surface area contributed by atoms with Crippen LogP contribution in [0.2, 0.25) is 0 Å². The van der Waals surface area contributed by atoms with E-state index in [4.69, 9.17) is 9.26 Å². The van der Waals surface area contributed by atoms with Crippen molar-refractivity contribution in [1.82, 2.24) is 15.0 Å². The number of amides is 1. The molecular formula is C19H19N3O3S. The van der Waals surface area contributed by atoms with E-state index in [0.717, 1.165) is 24.2 Å². The molecule has 7 heteroatoms. The summed E-state index contributed by atoms with van der Waals surface area (Å²) in [5.74, 6) is 1.66. The summed E-state index contributed by atoms with van der Waals surface area (Å²) < 4.78 is 10.6. The highest BCUT2D eigenvalue weighted by atomic mass is 32.1. The van der Waals surface area contributed by atoms with Gasteiger partial charge in [-0.3, -0.25) is 4.79 Å². The van der Waals surface area contributed by atoms with E-state index in [-0.39, 0.29) is 5.91 Å². The van der Waals surface area contributed by atoms with Gasteiger partial charge in [0, 0.05) is 42.2 Å². The first-order valence-corrected chi connectivity index (χ1v) is 9.42. The molecule has 1 amide bonds. The molecule has 1 fully saturated rings. The van der Waals surface area contributed by atoms with E-state index >= 15 is 0 Å². The van der Waals surface area contributed by atoms with Crippen LogP contribution >= 0.6 is 11.3 Å². The molecule has 1 aliphatic heterocycles. The number of piperidine rings is 1. The van der Waals surface area contributed by atoms with Gasteiger partial charge in [-0.15, -0.1) is 11.3 Å². The lowest BCUT2D eigenvalue weighted by Gasteiger charge is -2.30. The molecule has 26 heavy (non-hydrogen) atoms. The smallest absolute Gasteiger partial charge is 0.276 e. The number of likely N-dealkylation sites (tertiary alicyclic amines) is 1. The second-order valence-electron chi connectivity index (χ2n) is 6.25. The SMILES string of the molecule is COc1cccc(-c2cc(C(=O)N3CCC(c4nccs4)CC3)no2)c1. The molecule has 1 aromatic carbocycles. The largest absolute Gasteiger partial charge is 0.497 e. The molecule has 3 heterocycles. The highest BCUT2D eigenvalue weighted by Gasteiger charge is 2.27. The normalized spacial score (nSPS) is 15.2. The molecule has 6 nitrogen and oxygen atoms in total. The molecule has 0 saturated carbocycles.